The molecule has 1 aromatic heterocycles. The van der Waals surface area contributed by atoms with E-state index in [9.17, 15) is 0 Å². The summed E-state index contributed by atoms with van der Waals surface area (Å²) in [6, 6.07) is 5.63. The van der Waals surface area contributed by atoms with Crippen molar-refractivity contribution < 1.29 is 0 Å². The molecule has 1 saturated carbocycles. The Bertz CT molecular complexity index is 290. The van der Waals surface area contributed by atoms with E-state index >= 15 is 0 Å². The van der Waals surface area contributed by atoms with Crippen LogP contribution < -0.4 is 5.32 Å². The largest absolute Gasteiger partial charge is 0.307 e. The van der Waals surface area contributed by atoms with Gasteiger partial charge in [-0.05, 0) is 37.1 Å². The Hall–Kier alpha value is -0.340. The van der Waals surface area contributed by atoms with Gasteiger partial charge >= 0.3 is 0 Å². The molecule has 1 nitrogen and oxygen atoms in total. The smallest absolute Gasteiger partial charge is 0.0414 e. The van der Waals surface area contributed by atoms with Crippen LogP contribution in [0.1, 0.15) is 56.9 Å². The fraction of sp³-hybridized carbons (Fsp3) is 0.714. The lowest BCUT2D eigenvalue weighted by Crippen LogP contribution is -2.32. The second kappa shape index (κ2) is 5.83. The zero-order valence-electron chi connectivity index (χ0n) is 10.4. The van der Waals surface area contributed by atoms with Crippen molar-refractivity contribution in [2.75, 3.05) is 0 Å². The fourth-order valence-electron chi connectivity index (χ4n) is 2.53. The van der Waals surface area contributed by atoms with Crippen LogP contribution in [-0.2, 0) is 0 Å². The van der Waals surface area contributed by atoms with Gasteiger partial charge < -0.3 is 5.32 Å². The van der Waals surface area contributed by atoms with E-state index in [2.05, 4.69) is 36.7 Å². The summed E-state index contributed by atoms with van der Waals surface area (Å²) in [4.78, 5) is 1.49. The van der Waals surface area contributed by atoms with Crippen molar-refractivity contribution in [3.63, 3.8) is 0 Å². The monoisotopic (exact) mass is 237 g/mol. The third-order valence-corrected chi connectivity index (χ3v) is 4.68. The number of hydrogen-bond donors (Lipinski definition) is 1. The van der Waals surface area contributed by atoms with Gasteiger partial charge in [0.15, 0.2) is 0 Å². The van der Waals surface area contributed by atoms with E-state index in [4.69, 9.17) is 0 Å². The molecule has 1 heterocycles. The average molecular weight is 237 g/mol. The minimum Gasteiger partial charge on any atom is -0.307 e. The summed E-state index contributed by atoms with van der Waals surface area (Å²) >= 11 is 1.87. The van der Waals surface area contributed by atoms with Gasteiger partial charge in [-0.2, -0.15) is 0 Å². The Balaban J connectivity index is 1.81. The summed E-state index contributed by atoms with van der Waals surface area (Å²) in [7, 11) is 0. The van der Waals surface area contributed by atoms with Crippen molar-refractivity contribution >= 4 is 11.3 Å². The number of thiophene rings is 1. The van der Waals surface area contributed by atoms with Gasteiger partial charge in [0.25, 0.3) is 0 Å². The molecule has 1 aromatic rings. The van der Waals surface area contributed by atoms with Crippen LogP contribution >= 0.6 is 11.3 Å². The second-order valence-corrected chi connectivity index (χ2v) is 6.06. The van der Waals surface area contributed by atoms with Gasteiger partial charge in [-0.1, -0.05) is 32.3 Å². The van der Waals surface area contributed by atoms with Crippen LogP contribution in [0.2, 0.25) is 0 Å². The fourth-order valence-corrected chi connectivity index (χ4v) is 3.40. The van der Waals surface area contributed by atoms with E-state index in [-0.39, 0.29) is 0 Å². The zero-order valence-corrected chi connectivity index (χ0v) is 11.2. The molecule has 0 bridgehead atoms. The first kappa shape index (κ1) is 12.1. The first-order valence-corrected chi connectivity index (χ1v) is 7.47. The van der Waals surface area contributed by atoms with Crippen LogP contribution in [0, 0.1) is 5.92 Å². The molecular formula is C14H23NS. The Morgan fingerprint density at radius 3 is 2.81 bits per heavy atom. The summed E-state index contributed by atoms with van der Waals surface area (Å²) in [5.41, 5.74) is 0. The third kappa shape index (κ3) is 3.08. The van der Waals surface area contributed by atoms with E-state index in [1.165, 1.54) is 37.0 Å². The van der Waals surface area contributed by atoms with Gasteiger partial charge in [0.05, 0.1) is 0 Å². The van der Waals surface area contributed by atoms with Crippen LogP contribution in [0.4, 0.5) is 0 Å². The molecule has 0 spiro atoms. The molecule has 1 aliphatic rings. The molecule has 0 amide bonds. The van der Waals surface area contributed by atoms with Crippen molar-refractivity contribution in [3.05, 3.63) is 22.4 Å². The lowest BCUT2D eigenvalue weighted by atomic mass is 9.81. The number of nitrogens with one attached hydrogen (secondary N) is 1. The van der Waals surface area contributed by atoms with E-state index < -0.39 is 0 Å². The summed E-state index contributed by atoms with van der Waals surface area (Å²) in [5, 5.41) is 5.96. The van der Waals surface area contributed by atoms with Gasteiger partial charge in [0, 0.05) is 17.0 Å². The van der Waals surface area contributed by atoms with Crippen molar-refractivity contribution in [1.29, 1.82) is 0 Å². The molecule has 0 saturated heterocycles. The molecule has 2 heteroatoms. The standard InChI is InChI=1S/C14H23NS/c1-3-13(14-8-5-9-16-14)15-11(2)10-12-6-4-7-12/h5,8-9,11-13,15H,3-4,6-7,10H2,1-2H3. The molecule has 1 aliphatic carbocycles. The molecule has 0 radical (unpaired) electrons. The Kier molecular flexibility index (Phi) is 4.42. The predicted octanol–water partition coefficient (Wildman–Crippen LogP) is 4.37. The molecule has 2 rings (SSSR count). The molecular weight excluding hydrogens is 214 g/mol. The number of rotatable bonds is 6. The summed E-state index contributed by atoms with van der Waals surface area (Å²) in [6.07, 6.45) is 6.93. The lowest BCUT2D eigenvalue weighted by Gasteiger charge is -2.30. The lowest BCUT2D eigenvalue weighted by molar-refractivity contribution is 0.257. The SMILES string of the molecule is CCC(NC(C)CC1CCC1)c1cccs1. The maximum atomic E-state index is 3.78. The summed E-state index contributed by atoms with van der Waals surface area (Å²) in [6.45, 7) is 4.61. The van der Waals surface area contributed by atoms with E-state index in [1.807, 2.05) is 11.3 Å². The first-order valence-electron chi connectivity index (χ1n) is 6.59. The second-order valence-electron chi connectivity index (χ2n) is 5.08. The highest BCUT2D eigenvalue weighted by Crippen LogP contribution is 2.31. The van der Waals surface area contributed by atoms with Gasteiger partial charge in [0.2, 0.25) is 0 Å². The molecule has 1 N–H and O–H groups in total. The normalized spacial score (nSPS) is 20.4. The number of hydrogen-bond acceptors (Lipinski definition) is 2. The summed E-state index contributed by atoms with van der Waals surface area (Å²) < 4.78 is 0. The van der Waals surface area contributed by atoms with Crippen LogP contribution in [-0.4, -0.2) is 6.04 Å². The molecule has 2 atom stereocenters. The topological polar surface area (TPSA) is 12.0 Å². The average Bonchev–Trinajstić information content (AvgIpc) is 2.73. The minimum atomic E-state index is 0.565. The zero-order chi connectivity index (χ0) is 11.4. The molecule has 1 fully saturated rings. The highest BCUT2D eigenvalue weighted by Gasteiger charge is 2.21. The molecule has 0 aromatic carbocycles. The Morgan fingerprint density at radius 2 is 2.31 bits per heavy atom. The highest BCUT2D eigenvalue weighted by atomic mass is 32.1. The maximum Gasteiger partial charge on any atom is 0.0414 e. The third-order valence-electron chi connectivity index (χ3n) is 3.69. The minimum absolute atomic E-state index is 0.565. The van der Waals surface area contributed by atoms with Gasteiger partial charge in [-0.15, -0.1) is 11.3 Å². The van der Waals surface area contributed by atoms with Crippen molar-refractivity contribution in [1.82, 2.24) is 5.32 Å². The predicted molar refractivity (Wildman–Crippen MR) is 71.9 cm³/mol. The van der Waals surface area contributed by atoms with Crippen LogP contribution in [0.15, 0.2) is 17.5 Å². The Labute approximate surface area is 103 Å². The highest BCUT2D eigenvalue weighted by molar-refractivity contribution is 7.10. The van der Waals surface area contributed by atoms with E-state index in [0.717, 1.165) is 5.92 Å². The molecule has 16 heavy (non-hydrogen) atoms. The molecule has 0 aliphatic heterocycles. The van der Waals surface area contributed by atoms with E-state index in [0.29, 0.717) is 12.1 Å². The molecule has 2 unspecified atom stereocenters. The maximum absolute atomic E-state index is 3.78. The van der Waals surface area contributed by atoms with Crippen LogP contribution in [0.3, 0.4) is 0 Å². The van der Waals surface area contributed by atoms with Crippen molar-refractivity contribution in [2.45, 2.75) is 58.0 Å². The Morgan fingerprint density at radius 1 is 1.50 bits per heavy atom. The quantitative estimate of drug-likeness (QED) is 0.775. The van der Waals surface area contributed by atoms with Crippen molar-refractivity contribution in [2.24, 2.45) is 5.92 Å². The van der Waals surface area contributed by atoms with Gasteiger partial charge in [0.1, 0.15) is 0 Å². The van der Waals surface area contributed by atoms with Crippen LogP contribution in [0.5, 0.6) is 0 Å². The first-order chi connectivity index (χ1) is 7.79. The van der Waals surface area contributed by atoms with Gasteiger partial charge in [-0.3, -0.25) is 0 Å². The van der Waals surface area contributed by atoms with Gasteiger partial charge in [-0.25, -0.2) is 0 Å². The van der Waals surface area contributed by atoms with Crippen molar-refractivity contribution in [3.8, 4) is 0 Å². The summed E-state index contributed by atoms with van der Waals surface area (Å²) in [5.74, 6) is 1.00. The van der Waals surface area contributed by atoms with Crippen LogP contribution in [0.25, 0.3) is 0 Å². The molecule has 90 valence electrons. The van der Waals surface area contributed by atoms with E-state index in [1.54, 1.807) is 0 Å².